The monoisotopic (exact) mass is 164 g/mol. The van der Waals surface area contributed by atoms with E-state index in [4.69, 9.17) is 15.7 Å². The zero-order chi connectivity index (χ0) is 12.3. The minimum atomic E-state index is -3.01. The number of hydrogen-bond acceptors (Lipinski definition) is 2. The van der Waals surface area contributed by atoms with E-state index in [2.05, 4.69) is 0 Å². The summed E-state index contributed by atoms with van der Waals surface area (Å²) in [5.74, 6) is -3.01. The van der Waals surface area contributed by atoms with Crippen LogP contribution in [0.4, 0.5) is 0 Å². The molecule has 0 amide bonds. The van der Waals surface area contributed by atoms with Crippen LogP contribution in [0.25, 0.3) is 0 Å². The van der Waals surface area contributed by atoms with E-state index in [0.29, 0.717) is 0 Å². The third-order valence-corrected chi connectivity index (χ3v) is 0.888. The summed E-state index contributed by atoms with van der Waals surface area (Å²) < 4.78 is 28.5. The first kappa shape index (κ1) is 4.74. The predicted octanol–water partition coefficient (Wildman–Crippen LogP) is 1.11. The summed E-state index contributed by atoms with van der Waals surface area (Å²) in [7, 11) is 0. The highest BCUT2D eigenvalue weighted by molar-refractivity contribution is 5.67. The van der Waals surface area contributed by atoms with Crippen LogP contribution in [0.2, 0.25) is 0 Å². The molecular weight excluding hydrogens is 148 g/mol. The van der Waals surface area contributed by atoms with Gasteiger partial charge in [-0.15, -0.1) is 0 Å². The van der Waals surface area contributed by atoms with Crippen molar-refractivity contribution >= 4 is 11.9 Å². The van der Waals surface area contributed by atoms with Crippen LogP contribution in [0.3, 0.4) is 0 Å². The maximum Gasteiger partial charge on any atom is 0.303 e. The van der Waals surface area contributed by atoms with Crippen molar-refractivity contribution in [2.45, 2.75) is 32.0 Å². The maximum absolute atomic E-state index is 10.4. The number of hydrogen-bond donors (Lipinski definition) is 2. The topological polar surface area (TPSA) is 74.6 Å². The first-order valence-electron chi connectivity index (χ1n) is 5.06. The van der Waals surface area contributed by atoms with Gasteiger partial charge in [0.25, 0.3) is 0 Å². The van der Waals surface area contributed by atoms with Gasteiger partial charge in [-0.25, -0.2) is 0 Å². The lowest BCUT2D eigenvalue weighted by Crippen LogP contribution is -1.96. The average molecular weight is 164 g/mol. The van der Waals surface area contributed by atoms with Crippen molar-refractivity contribution in [1.82, 2.24) is 0 Å². The van der Waals surface area contributed by atoms with Crippen LogP contribution in [0.5, 0.6) is 0 Å². The standard InChI is InChI=1S/C7H12O4/c8-6(9)4-2-1-3-5-7(10)11/h1-5H2,(H,8,9)(H,10,11)/i2D2,4D2. The molecule has 2 N–H and O–H groups in total. The molecule has 0 saturated carbocycles. The molecule has 0 aliphatic rings. The summed E-state index contributed by atoms with van der Waals surface area (Å²) in [4.78, 5) is 20.6. The second-order valence-corrected chi connectivity index (χ2v) is 1.85. The fourth-order valence-electron chi connectivity index (χ4n) is 0.466. The van der Waals surface area contributed by atoms with Gasteiger partial charge in [0.2, 0.25) is 0 Å². The first-order chi connectivity index (χ1) is 6.61. The SMILES string of the molecule is [2H]C([2H])(CCCC(=O)O)C([2H])([2H])C(=O)O. The van der Waals surface area contributed by atoms with Crippen molar-refractivity contribution in [2.75, 3.05) is 0 Å². The van der Waals surface area contributed by atoms with Gasteiger partial charge in [0.1, 0.15) is 0 Å². The third-order valence-electron chi connectivity index (χ3n) is 0.888. The molecule has 0 aromatic carbocycles. The van der Waals surface area contributed by atoms with Gasteiger partial charge < -0.3 is 10.2 Å². The fourth-order valence-corrected chi connectivity index (χ4v) is 0.466. The van der Waals surface area contributed by atoms with Crippen LogP contribution in [0, 0.1) is 0 Å². The van der Waals surface area contributed by atoms with Crippen LogP contribution >= 0.6 is 0 Å². The van der Waals surface area contributed by atoms with Crippen molar-refractivity contribution in [2.24, 2.45) is 0 Å². The Morgan fingerprint density at radius 1 is 1.18 bits per heavy atom. The van der Waals surface area contributed by atoms with Crippen molar-refractivity contribution < 1.29 is 25.3 Å². The molecule has 0 unspecified atom stereocenters. The van der Waals surface area contributed by atoms with Crippen LogP contribution < -0.4 is 0 Å². The van der Waals surface area contributed by atoms with Crippen LogP contribution in [0.1, 0.15) is 37.5 Å². The summed E-state index contributed by atoms with van der Waals surface area (Å²) in [5, 5.41) is 16.7. The molecule has 0 heterocycles. The zero-order valence-electron chi connectivity index (χ0n) is 9.83. The Bertz CT molecular complexity index is 264. The van der Waals surface area contributed by atoms with Gasteiger partial charge in [-0.3, -0.25) is 9.59 Å². The Labute approximate surface area is 70.5 Å². The van der Waals surface area contributed by atoms with E-state index in [9.17, 15) is 9.59 Å². The number of carbonyl (C=O) groups is 2. The number of aliphatic carboxylic acids is 2. The zero-order valence-corrected chi connectivity index (χ0v) is 5.83. The number of carboxylic acid groups (broad SMARTS) is 2. The van der Waals surface area contributed by atoms with E-state index < -0.39 is 31.1 Å². The third kappa shape index (κ3) is 8.94. The molecule has 0 bridgehead atoms. The molecule has 11 heavy (non-hydrogen) atoms. The molecule has 0 radical (unpaired) electrons. The lowest BCUT2D eigenvalue weighted by molar-refractivity contribution is -0.137. The summed E-state index contributed by atoms with van der Waals surface area (Å²) in [6, 6.07) is 0. The second kappa shape index (κ2) is 5.70. The minimum Gasteiger partial charge on any atom is -0.481 e. The van der Waals surface area contributed by atoms with E-state index in [0.717, 1.165) is 0 Å². The normalized spacial score (nSPS) is 17.5. The van der Waals surface area contributed by atoms with Crippen molar-refractivity contribution in [3.05, 3.63) is 0 Å². The molecule has 4 heteroatoms. The van der Waals surface area contributed by atoms with E-state index in [-0.39, 0.29) is 12.8 Å². The molecular formula is C7H12O4. The Balaban J connectivity index is 4.41. The summed E-state index contributed by atoms with van der Waals surface area (Å²) >= 11 is 0. The number of rotatable bonds is 6. The molecule has 0 saturated heterocycles. The van der Waals surface area contributed by atoms with Gasteiger partial charge in [-0.2, -0.15) is 0 Å². The predicted molar refractivity (Wildman–Crippen MR) is 38.4 cm³/mol. The molecule has 0 aliphatic heterocycles. The van der Waals surface area contributed by atoms with Gasteiger partial charge in [0, 0.05) is 18.3 Å². The van der Waals surface area contributed by atoms with Crippen molar-refractivity contribution in [3.8, 4) is 0 Å². The van der Waals surface area contributed by atoms with E-state index in [1.165, 1.54) is 0 Å². The van der Waals surface area contributed by atoms with Gasteiger partial charge in [-0.1, -0.05) is 6.42 Å². The highest BCUT2D eigenvalue weighted by atomic mass is 16.4. The molecule has 0 fully saturated rings. The maximum atomic E-state index is 10.4. The molecule has 0 aliphatic carbocycles. The molecule has 0 rings (SSSR count). The lowest BCUT2D eigenvalue weighted by Gasteiger charge is -1.94. The molecule has 0 atom stereocenters. The number of carboxylic acids is 2. The summed E-state index contributed by atoms with van der Waals surface area (Å²) in [6.07, 6.45) is -6.44. The molecule has 0 aromatic heterocycles. The second-order valence-electron chi connectivity index (χ2n) is 1.85. The van der Waals surface area contributed by atoms with Crippen LogP contribution in [0.15, 0.2) is 0 Å². The quantitative estimate of drug-likeness (QED) is 0.616. The summed E-state index contributed by atoms with van der Waals surface area (Å²) in [5.41, 5.74) is 0. The van der Waals surface area contributed by atoms with Crippen molar-refractivity contribution in [1.29, 1.82) is 0 Å². The van der Waals surface area contributed by atoms with Gasteiger partial charge in [0.05, 0.1) is 0 Å². The first-order valence-corrected chi connectivity index (χ1v) is 3.06. The van der Waals surface area contributed by atoms with Gasteiger partial charge in [-0.05, 0) is 12.8 Å². The Morgan fingerprint density at radius 3 is 2.27 bits per heavy atom. The Hall–Kier alpha value is -1.06. The summed E-state index contributed by atoms with van der Waals surface area (Å²) in [6.45, 7) is 0. The highest BCUT2D eigenvalue weighted by Crippen LogP contribution is 2.02. The molecule has 4 nitrogen and oxygen atoms in total. The van der Waals surface area contributed by atoms with Crippen LogP contribution in [-0.4, -0.2) is 22.2 Å². The minimum absolute atomic E-state index is 0.102. The van der Waals surface area contributed by atoms with E-state index in [1.54, 1.807) is 0 Å². The van der Waals surface area contributed by atoms with E-state index >= 15 is 0 Å². The lowest BCUT2D eigenvalue weighted by atomic mass is 10.1. The molecule has 0 spiro atoms. The van der Waals surface area contributed by atoms with Gasteiger partial charge >= 0.3 is 11.9 Å². The van der Waals surface area contributed by atoms with Crippen LogP contribution in [-0.2, 0) is 9.59 Å². The molecule has 0 aromatic rings. The van der Waals surface area contributed by atoms with Crippen molar-refractivity contribution in [3.63, 3.8) is 0 Å². The smallest absolute Gasteiger partial charge is 0.303 e. The highest BCUT2D eigenvalue weighted by Gasteiger charge is 1.98. The van der Waals surface area contributed by atoms with E-state index in [1.807, 2.05) is 0 Å². The molecule has 64 valence electrons. The fraction of sp³-hybridized carbons (Fsp3) is 0.714. The Kier molecular flexibility index (Phi) is 2.46. The largest absolute Gasteiger partial charge is 0.481 e. The Morgan fingerprint density at radius 2 is 1.82 bits per heavy atom. The average Bonchev–Trinajstić information content (AvgIpc) is 2.02. The van der Waals surface area contributed by atoms with Gasteiger partial charge in [0.15, 0.2) is 0 Å².